The number of aliphatic carboxylic acids is 1. The molecule has 1 saturated carbocycles. The second-order valence-electron chi connectivity index (χ2n) is 2.90. The zero-order valence-electron chi connectivity index (χ0n) is 6.85. The molecular weight excluding hydrogens is 171 g/mol. The average molecular weight is 180 g/mol. The summed E-state index contributed by atoms with van der Waals surface area (Å²) in [7, 11) is 0. The summed E-state index contributed by atoms with van der Waals surface area (Å²) in [6, 6.07) is 0. The fourth-order valence-electron chi connectivity index (χ4n) is 1.23. The normalized spacial score (nSPS) is 29.7. The van der Waals surface area contributed by atoms with Crippen LogP contribution in [-0.2, 0) is 9.59 Å². The Morgan fingerprint density at radius 1 is 1.64 bits per heavy atom. The van der Waals surface area contributed by atoms with Crippen molar-refractivity contribution in [3.05, 3.63) is 0 Å². The van der Waals surface area contributed by atoms with E-state index >= 15 is 0 Å². The van der Waals surface area contributed by atoms with Crippen LogP contribution in [0.25, 0.3) is 0 Å². The van der Waals surface area contributed by atoms with Crippen LogP contribution in [0.1, 0.15) is 26.2 Å². The summed E-state index contributed by atoms with van der Waals surface area (Å²) >= 11 is 0. The van der Waals surface area contributed by atoms with Crippen molar-refractivity contribution in [1.82, 2.24) is 0 Å². The largest absolute Gasteiger partial charge is 1.00 e. The van der Waals surface area contributed by atoms with Gasteiger partial charge < -0.3 is 9.90 Å². The van der Waals surface area contributed by atoms with E-state index in [1.54, 1.807) is 0 Å². The second kappa shape index (κ2) is 4.14. The standard InChI is InChI=1S/C7H10O3.K/c1-7(6(9)10)4-2-3-5(7)8;/h2-4H2,1H3,(H,9,10);/q;+1/p-1. The van der Waals surface area contributed by atoms with Gasteiger partial charge in [0.15, 0.2) is 0 Å². The van der Waals surface area contributed by atoms with Crippen LogP contribution >= 0.6 is 0 Å². The van der Waals surface area contributed by atoms with Crippen LogP contribution in [0, 0.1) is 5.41 Å². The SMILES string of the molecule is CC1(C(=O)[O-])CCCC1=O.[K+]. The third kappa shape index (κ3) is 2.12. The topological polar surface area (TPSA) is 57.2 Å². The molecule has 1 unspecified atom stereocenters. The summed E-state index contributed by atoms with van der Waals surface area (Å²) in [4.78, 5) is 21.3. The number of carbonyl (C=O) groups excluding carboxylic acids is 2. The number of rotatable bonds is 1. The van der Waals surface area contributed by atoms with Gasteiger partial charge in [-0.1, -0.05) is 0 Å². The van der Waals surface area contributed by atoms with E-state index < -0.39 is 11.4 Å². The number of carboxylic acid groups (broad SMARTS) is 1. The molecule has 1 rings (SSSR count). The van der Waals surface area contributed by atoms with Crippen molar-refractivity contribution in [2.75, 3.05) is 0 Å². The van der Waals surface area contributed by atoms with Crippen molar-refractivity contribution in [2.45, 2.75) is 26.2 Å². The van der Waals surface area contributed by atoms with E-state index in [9.17, 15) is 14.7 Å². The molecule has 3 nitrogen and oxygen atoms in total. The Hall–Kier alpha value is 0.776. The Morgan fingerprint density at radius 3 is 2.36 bits per heavy atom. The minimum Gasteiger partial charge on any atom is -0.549 e. The first-order valence-electron chi connectivity index (χ1n) is 3.32. The zero-order valence-corrected chi connectivity index (χ0v) is 9.97. The van der Waals surface area contributed by atoms with Crippen molar-refractivity contribution in [1.29, 1.82) is 0 Å². The van der Waals surface area contributed by atoms with Crippen LogP contribution in [-0.4, -0.2) is 11.8 Å². The second-order valence-corrected chi connectivity index (χ2v) is 2.90. The van der Waals surface area contributed by atoms with Crippen molar-refractivity contribution >= 4 is 11.8 Å². The van der Waals surface area contributed by atoms with Gasteiger partial charge in [-0.15, -0.1) is 0 Å². The van der Waals surface area contributed by atoms with Gasteiger partial charge in [0.25, 0.3) is 0 Å². The predicted molar refractivity (Wildman–Crippen MR) is 32.0 cm³/mol. The maximum absolute atomic E-state index is 10.9. The third-order valence-corrected chi connectivity index (χ3v) is 2.15. The first kappa shape index (κ1) is 11.8. The molecule has 0 aromatic heterocycles. The van der Waals surface area contributed by atoms with Crippen LogP contribution in [0.4, 0.5) is 0 Å². The van der Waals surface area contributed by atoms with Crippen molar-refractivity contribution < 1.29 is 66.1 Å². The fourth-order valence-corrected chi connectivity index (χ4v) is 1.23. The Labute approximate surface area is 108 Å². The van der Waals surface area contributed by atoms with Gasteiger partial charge in [-0.25, -0.2) is 0 Å². The first-order valence-corrected chi connectivity index (χ1v) is 3.32. The van der Waals surface area contributed by atoms with E-state index in [0.717, 1.165) is 0 Å². The molecule has 1 aliphatic carbocycles. The molecule has 0 N–H and O–H groups in total. The number of Topliss-reactive ketones (excluding diaryl/α,β-unsaturated/α-hetero) is 1. The molecule has 0 aliphatic heterocycles. The van der Waals surface area contributed by atoms with Crippen LogP contribution in [0.15, 0.2) is 0 Å². The predicted octanol–water partition coefficient (Wildman–Crippen LogP) is -3.50. The van der Waals surface area contributed by atoms with Gasteiger partial charge in [-0.2, -0.15) is 0 Å². The van der Waals surface area contributed by atoms with Gasteiger partial charge in [-0.3, -0.25) is 4.79 Å². The van der Waals surface area contributed by atoms with E-state index in [1.165, 1.54) is 6.92 Å². The van der Waals surface area contributed by atoms with E-state index in [-0.39, 0.29) is 57.2 Å². The molecule has 1 aliphatic rings. The molecule has 0 amide bonds. The molecule has 0 aromatic rings. The van der Waals surface area contributed by atoms with Crippen molar-refractivity contribution in [3.8, 4) is 0 Å². The van der Waals surface area contributed by atoms with E-state index in [2.05, 4.69) is 0 Å². The fraction of sp³-hybridized carbons (Fsp3) is 0.714. The molecule has 56 valence electrons. The monoisotopic (exact) mass is 180 g/mol. The molecule has 0 heterocycles. The third-order valence-electron chi connectivity index (χ3n) is 2.15. The minimum absolute atomic E-state index is 0. The Morgan fingerprint density at radius 2 is 2.18 bits per heavy atom. The first-order chi connectivity index (χ1) is 4.57. The van der Waals surface area contributed by atoms with Gasteiger partial charge in [-0.05, 0) is 19.8 Å². The number of hydrogen-bond acceptors (Lipinski definition) is 3. The summed E-state index contributed by atoms with van der Waals surface area (Å²) in [6.07, 6.45) is 1.52. The zero-order chi connectivity index (χ0) is 7.78. The van der Waals surface area contributed by atoms with Crippen LogP contribution in [0.3, 0.4) is 0 Å². The van der Waals surface area contributed by atoms with Gasteiger partial charge >= 0.3 is 51.4 Å². The molecule has 0 aromatic carbocycles. The number of ketones is 1. The summed E-state index contributed by atoms with van der Waals surface area (Å²) < 4.78 is 0. The Bertz CT molecular complexity index is 190. The molecule has 0 spiro atoms. The van der Waals surface area contributed by atoms with Crippen LogP contribution in [0.2, 0.25) is 0 Å². The molecule has 11 heavy (non-hydrogen) atoms. The Kier molecular flexibility index (Phi) is 4.43. The summed E-state index contributed by atoms with van der Waals surface area (Å²) in [6.45, 7) is 1.44. The van der Waals surface area contributed by atoms with Crippen molar-refractivity contribution in [3.63, 3.8) is 0 Å². The quantitative estimate of drug-likeness (QED) is 0.311. The number of carbonyl (C=O) groups is 2. The van der Waals surface area contributed by atoms with Gasteiger partial charge in [0, 0.05) is 6.42 Å². The minimum atomic E-state index is -1.23. The smallest absolute Gasteiger partial charge is 0.549 e. The molecule has 0 radical (unpaired) electrons. The molecule has 0 saturated heterocycles. The van der Waals surface area contributed by atoms with Gasteiger partial charge in [0.05, 0.1) is 11.4 Å². The molecule has 4 heteroatoms. The van der Waals surface area contributed by atoms with Gasteiger partial charge in [0.2, 0.25) is 0 Å². The summed E-state index contributed by atoms with van der Waals surface area (Å²) in [5.74, 6) is -1.41. The number of carboxylic acids is 1. The van der Waals surface area contributed by atoms with E-state index in [1.807, 2.05) is 0 Å². The maximum atomic E-state index is 10.9. The van der Waals surface area contributed by atoms with Gasteiger partial charge in [0.1, 0.15) is 5.78 Å². The van der Waals surface area contributed by atoms with E-state index in [4.69, 9.17) is 0 Å². The van der Waals surface area contributed by atoms with E-state index in [0.29, 0.717) is 19.3 Å². The van der Waals surface area contributed by atoms with Crippen LogP contribution < -0.4 is 56.5 Å². The molecule has 1 atom stereocenters. The average Bonchev–Trinajstić information content (AvgIpc) is 2.15. The number of hydrogen-bond donors (Lipinski definition) is 0. The molecular formula is C7H9KO3. The summed E-state index contributed by atoms with van der Waals surface area (Å²) in [5.41, 5.74) is -1.18. The molecule has 0 bridgehead atoms. The Balaban J connectivity index is 0.000001000. The molecule has 1 fully saturated rings. The maximum Gasteiger partial charge on any atom is 1.00 e. The van der Waals surface area contributed by atoms with Crippen LogP contribution in [0.5, 0.6) is 0 Å². The van der Waals surface area contributed by atoms with Crippen molar-refractivity contribution in [2.24, 2.45) is 5.41 Å². The summed E-state index contributed by atoms with van der Waals surface area (Å²) in [5, 5.41) is 10.4.